The summed E-state index contributed by atoms with van der Waals surface area (Å²) in [5.74, 6) is 0.189. The van der Waals surface area contributed by atoms with Crippen LogP contribution in [0.25, 0.3) is 0 Å². The van der Waals surface area contributed by atoms with Gasteiger partial charge in [-0.25, -0.2) is 4.79 Å². The largest absolute Gasteiger partial charge is 0.325 e. The normalized spacial score (nSPS) is 24.2. The summed E-state index contributed by atoms with van der Waals surface area (Å²) in [6, 6.07) is -0.734. The van der Waals surface area contributed by atoms with E-state index in [-0.39, 0.29) is 11.9 Å². The topological polar surface area (TPSA) is 49.4 Å². The summed E-state index contributed by atoms with van der Waals surface area (Å²) in [7, 11) is 0. The molecule has 11 heavy (non-hydrogen) atoms. The van der Waals surface area contributed by atoms with E-state index in [1.165, 1.54) is 4.90 Å². The molecule has 0 bridgehead atoms. The highest BCUT2D eigenvalue weighted by Gasteiger charge is 2.35. The molecular formula is C6H10N2O2S. The Hall–Kier alpha value is -0.710. The number of imide groups is 1. The summed E-state index contributed by atoms with van der Waals surface area (Å²) in [5, 5.41) is 2.52. The van der Waals surface area contributed by atoms with Gasteiger partial charge in [0, 0.05) is 12.3 Å². The molecule has 1 aliphatic heterocycles. The molecule has 1 aliphatic rings. The van der Waals surface area contributed by atoms with E-state index in [1.54, 1.807) is 6.92 Å². The highest BCUT2D eigenvalue weighted by Crippen LogP contribution is 2.06. The molecule has 0 aromatic rings. The van der Waals surface area contributed by atoms with Crippen molar-refractivity contribution in [1.82, 2.24) is 10.2 Å². The Morgan fingerprint density at radius 1 is 1.64 bits per heavy atom. The van der Waals surface area contributed by atoms with Gasteiger partial charge in [-0.3, -0.25) is 9.69 Å². The molecule has 4 nitrogen and oxygen atoms in total. The Bertz CT molecular complexity index is 195. The van der Waals surface area contributed by atoms with E-state index in [0.717, 1.165) is 0 Å². The summed E-state index contributed by atoms with van der Waals surface area (Å²) >= 11 is 3.93. The average Bonchev–Trinajstić information content (AvgIpc) is 2.26. The molecule has 3 amide bonds. The molecule has 0 spiro atoms. The van der Waals surface area contributed by atoms with Gasteiger partial charge in [0.2, 0.25) is 0 Å². The first-order valence-corrected chi connectivity index (χ1v) is 4.06. The lowest BCUT2D eigenvalue weighted by Gasteiger charge is -2.07. The molecule has 1 atom stereocenters. The van der Waals surface area contributed by atoms with Crippen LogP contribution in [0.4, 0.5) is 4.79 Å². The van der Waals surface area contributed by atoms with Crippen LogP contribution in [0.15, 0.2) is 0 Å². The average molecular weight is 174 g/mol. The number of hydrogen-bond donors (Lipinski definition) is 2. The van der Waals surface area contributed by atoms with E-state index < -0.39 is 6.04 Å². The van der Waals surface area contributed by atoms with Crippen LogP contribution in [0.3, 0.4) is 0 Å². The summed E-state index contributed by atoms with van der Waals surface area (Å²) < 4.78 is 0. The third-order valence-corrected chi connectivity index (χ3v) is 1.97. The number of urea groups is 1. The first kappa shape index (κ1) is 8.39. The first-order chi connectivity index (χ1) is 5.20. The standard InChI is InChI=1S/C6H10N2O2S/c1-2-8-5(9)4(3-11)7-6(8)10/h4,11H,2-3H2,1H3,(H,7,10). The quantitative estimate of drug-likeness (QED) is 0.452. The second kappa shape index (κ2) is 3.13. The number of likely N-dealkylation sites (N-methyl/N-ethyl adjacent to an activating group) is 1. The van der Waals surface area contributed by atoms with Crippen LogP contribution < -0.4 is 5.32 Å². The van der Waals surface area contributed by atoms with Crippen LogP contribution in [-0.4, -0.2) is 35.2 Å². The zero-order valence-electron chi connectivity index (χ0n) is 6.20. The van der Waals surface area contributed by atoms with Gasteiger partial charge in [-0.05, 0) is 6.92 Å². The number of carbonyl (C=O) groups is 2. The van der Waals surface area contributed by atoms with Gasteiger partial charge in [0.1, 0.15) is 6.04 Å². The molecular weight excluding hydrogens is 164 g/mol. The molecule has 1 unspecified atom stereocenters. The van der Waals surface area contributed by atoms with E-state index in [9.17, 15) is 9.59 Å². The maximum absolute atomic E-state index is 11.2. The fourth-order valence-electron chi connectivity index (χ4n) is 1.00. The van der Waals surface area contributed by atoms with Crippen molar-refractivity contribution in [3.05, 3.63) is 0 Å². The predicted octanol–water partition coefficient (Wildman–Crippen LogP) is -0.144. The molecule has 1 N–H and O–H groups in total. The first-order valence-electron chi connectivity index (χ1n) is 3.43. The third kappa shape index (κ3) is 1.33. The Kier molecular flexibility index (Phi) is 2.38. The van der Waals surface area contributed by atoms with Crippen LogP contribution >= 0.6 is 12.6 Å². The smallest absolute Gasteiger partial charge is 0.324 e. The van der Waals surface area contributed by atoms with Crippen molar-refractivity contribution >= 4 is 24.6 Å². The van der Waals surface area contributed by atoms with E-state index in [1.807, 2.05) is 0 Å². The van der Waals surface area contributed by atoms with Gasteiger partial charge in [-0.1, -0.05) is 0 Å². The van der Waals surface area contributed by atoms with Gasteiger partial charge < -0.3 is 5.32 Å². The predicted molar refractivity (Wildman–Crippen MR) is 43.6 cm³/mol. The number of nitrogens with one attached hydrogen (secondary N) is 1. The minimum atomic E-state index is -0.425. The molecule has 62 valence electrons. The number of hydrogen-bond acceptors (Lipinski definition) is 3. The van der Waals surface area contributed by atoms with Crippen molar-refractivity contribution in [2.75, 3.05) is 12.3 Å². The lowest BCUT2D eigenvalue weighted by atomic mass is 10.3. The van der Waals surface area contributed by atoms with Crippen LogP contribution in [0.2, 0.25) is 0 Å². The molecule has 1 heterocycles. The second-order valence-electron chi connectivity index (χ2n) is 2.27. The van der Waals surface area contributed by atoms with Crippen LogP contribution in [0.1, 0.15) is 6.92 Å². The van der Waals surface area contributed by atoms with Gasteiger partial charge in [-0.2, -0.15) is 12.6 Å². The summed E-state index contributed by atoms with van der Waals surface area (Å²) in [5.41, 5.74) is 0. The fraction of sp³-hybridized carbons (Fsp3) is 0.667. The molecule has 0 radical (unpaired) electrons. The fourth-order valence-corrected chi connectivity index (χ4v) is 1.25. The summed E-state index contributed by atoms with van der Waals surface area (Å²) in [6.07, 6.45) is 0. The zero-order chi connectivity index (χ0) is 8.43. The SMILES string of the molecule is CCN1C(=O)NC(CS)C1=O. The van der Waals surface area contributed by atoms with Crippen molar-refractivity contribution < 1.29 is 9.59 Å². The van der Waals surface area contributed by atoms with E-state index in [4.69, 9.17) is 0 Å². The molecule has 0 aromatic carbocycles. The molecule has 0 saturated carbocycles. The highest BCUT2D eigenvalue weighted by molar-refractivity contribution is 7.80. The van der Waals surface area contributed by atoms with Crippen molar-refractivity contribution in [1.29, 1.82) is 0 Å². The molecule has 1 fully saturated rings. The number of thiol groups is 1. The Morgan fingerprint density at radius 3 is 2.55 bits per heavy atom. The summed E-state index contributed by atoms with van der Waals surface area (Å²) in [6.45, 7) is 2.19. The summed E-state index contributed by atoms with van der Waals surface area (Å²) in [4.78, 5) is 23.3. The van der Waals surface area contributed by atoms with Crippen LogP contribution in [-0.2, 0) is 4.79 Å². The van der Waals surface area contributed by atoms with Gasteiger partial charge in [0.15, 0.2) is 0 Å². The second-order valence-corrected chi connectivity index (χ2v) is 2.63. The molecule has 1 saturated heterocycles. The van der Waals surface area contributed by atoms with Crippen molar-refractivity contribution in [2.45, 2.75) is 13.0 Å². The van der Waals surface area contributed by atoms with Gasteiger partial charge in [-0.15, -0.1) is 0 Å². The van der Waals surface area contributed by atoms with Gasteiger partial charge >= 0.3 is 6.03 Å². The minimum Gasteiger partial charge on any atom is -0.325 e. The van der Waals surface area contributed by atoms with E-state index in [0.29, 0.717) is 12.3 Å². The van der Waals surface area contributed by atoms with Gasteiger partial charge in [0.25, 0.3) is 5.91 Å². The Labute approximate surface area is 70.3 Å². The van der Waals surface area contributed by atoms with E-state index in [2.05, 4.69) is 17.9 Å². The maximum atomic E-state index is 11.2. The highest BCUT2D eigenvalue weighted by atomic mass is 32.1. The molecule has 0 aliphatic carbocycles. The monoisotopic (exact) mass is 174 g/mol. The lowest BCUT2D eigenvalue weighted by molar-refractivity contribution is -0.126. The molecule has 1 rings (SSSR count). The Morgan fingerprint density at radius 2 is 2.27 bits per heavy atom. The van der Waals surface area contributed by atoms with Crippen molar-refractivity contribution in [3.8, 4) is 0 Å². The lowest BCUT2D eigenvalue weighted by Crippen LogP contribution is -2.31. The number of carbonyl (C=O) groups excluding carboxylic acids is 2. The minimum absolute atomic E-state index is 0.174. The maximum Gasteiger partial charge on any atom is 0.324 e. The third-order valence-electron chi connectivity index (χ3n) is 1.61. The number of amides is 3. The zero-order valence-corrected chi connectivity index (χ0v) is 7.10. The van der Waals surface area contributed by atoms with Crippen molar-refractivity contribution in [3.63, 3.8) is 0 Å². The van der Waals surface area contributed by atoms with Crippen LogP contribution in [0, 0.1) is 0 Å². The van der Waals surface area contributed by atoms with Gasteiger partial charge in [0.05, 0.1) is 0 Å². The van der Waals surface area contributed by atoms with E-state index >= 15 is 0 Å². The molecule has 0 aromatic heterocycles. The van der Waals surface area contributed by atoms with Crippen LogP contribution in [0.5, 0.6) is 0 Å². The molecule has 5 heteroatoms. The number of rotatable bonds is 2. The Balaban J connectivity index is 2.71. The number of nitrogens with zero attached hydrogens (tertiary/aromatic N) is 1. The van der Waals surface area contributed by atoms with Crippen molar-refractivity contribution in [2.24, 2.45) is 0 Å².